The quantitative estimate of drug-likeness (QED) is 0.851. The number of pyridine rings is 1. The van der Waals surface area contributed by atoms with Gasteiger partial charge in [0, 0.05) is 37.8 Å². The molecule has 1 fully saturated rings. The summed E-state index contributed by atoms with van der Waals surface area (Å²) in [6.07, 6.45) is 3.95. The normalized spacial score (nSPS) is 15.2. The van der Waals surface area contributed by atoms with Gasteiger partial charge in [-0.2, -0.15) is 0 Å². The van der Waals surface area contributed by atoms with E-state index in [1.807, 2.05) is 24.4 Å². The largest absolute Gasteiger partial charge is 0.356 e. The molecule has 0 bridgehead atoms. The molecule has 1 aromatic carbocycles. The third kappa shape index (κ3) is 3.23. The van der Waals surface area contributed by atoms with Crippen molar-refractivity contribution in [2.45, 2.75) is 19.4 Å². The summed E-state index contributed by atoms with van der Waals surface area (Å²) in [5, 5.41) is 0. The van der Waals surface area contributed by atoms with Crippen molar-refractivity contribution >= 4 is 11.5 Å². The van der Waals surface area contributed by atoms with Crippen LogP contribution in [-0.4, -0.2) is 23.8 Å². The second-order valence-electron chi connectivity index (χ2n) is 5.04. The fourth-order valence-corrected chi connectivity index (χ4v) is 2.48. The molecule has 0 radical (unpaired) electrons. The standard InChI is InChI=1S/C17H19N3/c1-2-6-15(7-3-1)14-19-16-9-12-20(13-10-16)17-8-4-5-11-18-17/h1-8,11H,9-10,12-14H2. The number of anilines is 1. The highest BCUT2D eigenvalue weighted by molar-refractivity contribution is 5.86. The van der Waals surface area contributed by atoms with Gasteiger partial charge in [0.1, 0.15) is 5.82 Å². The zero-order chi connectivity index (χ0) is 13.6. The minimum atomic E-state index is 0.805. The smallest absolute Gasteiger partial charge is 0.128 e. The molecule has 0 unspecified atom stereocenters. The highest BCUT2D eigenvalue weighted by Gasteiger charge is 2.15. The first-order valence-corrected chi connectivity index (χ1v) is 7.14. The number of hydrogen-bond donors (Lipinski definition) is 0. The van der Waals surface area contributed by atoms with Gasteiger partial charge < -0.3 is 4.90 Å². The van der Waals surface area contributed by atoms with Gasteiger partial charge in [-0.15, -0.1) is 0 Å². The second kappa shape index (κ2) is 6.33. The summed E-state index contributed by atoms with van der Waals surface area (Å²) in [7, 11) is 0. The summed E-state index contributed by atoms with van der Waals surface area (Å²) >= 11 is 0. The van der Waals surface area contributed by atoms with Crippen LogP contribution in [0.1, 0.15) is 18.4 Å². The van der Waals surface area contributed by atoms with E-state index in [1.165, 1.54) is 11.3 Å². The van der Waals surface area contributed by atoms with Gasteiger partial charge in [0.05, 0.1) is 6.54 Å². The van der Waals surface area contributed by atoms with E-state index in [1.54, 1.807) is 0 Å². The molecule has 20 heavy (non-hydrogen) atoms. The summed E-state index contributed by atoms with van der Waals surface area (Å²) in [6, 6.07) is 16.5. The van der Waals surface area contributed by atoms with Gasteiger partial charge in [0.2, 0.25) is 0 Å². The predicted octanol–water partition coefficient (Wildman–Crippen LogP) is 3.32. The number of aliphatic imine (C=N–C) groups is 1. The molecular weight excluding hydrogens is 246 g/mol. The van der Waals surface area contributed by atoms with Crippen molar-refractivity contribution in [3.05, 3.63) is 60.3 Å². The fourth-order valence-electron chi connectivity index (χ4n) is 2.48. The first kappa shape index (κ1) is 12.9. The van der Waals surface area contributed by atoms with Gasteiger partial charge in [-0.05, 0) is 17.7 Å². The van der Waals surface area contributed by atoms with Crippen molar-refractivity contribution in [1.82, 2.24) is 4.98 Å². The van der Waals surface area contributed by atoms with Gasteiger partial charge in [-0.1, -0.05) is 36.4 Å². The fraction of sp³-hybridized carbons (Fsp3) is 0.294. The molecule has 0 N–H and O–H groups in total. The molecule has 0 saturated carbocycles. The van der Waals surface area contributed by atoms with Crippen molar-refractivity contribution < 1.29 is 0 Å². The Labute approximate surface area is 120 Å². The van der Waals surface area contributed by atoms with Crippen molar-refractivity contribution in [3.8, 4) is 0 Å². The van der Waals surface area contributed by atoms with Crippen molar-refractivity contribution in [1.29, 1.82) is 0 Å². The molecule has 3 heteroatoms. The molecule has 2 heterocycles. The van der Waals surface area contributed by atoms with Crippen LogP contribution in [-0.2, 0) is 6.54 Å². The van der Waals surface area contributed by atoms with Crippen LogP contribution in [0.4, 0.5) is 5.82 Å². The van der Waals surface area contributed by atoms with Crippen LogP contribution in [0.5, 0.6) is 0 Å². The Bertz CT molecular complexity index is 553. The third-order valence-corrected chi connectivity index (χ3v) is 3.64. The van der Waals surface area contributed by atoms with Gasteiger partial charge in [-0.25, -0.2) is 4.98 Å². The Kier molecular flexibility index (Phi) is 4.07. The van der Waals surface area contributed by atoms with E-state index in [0.717, 1.165) is 38.3 Å². The average molecular weight is 265 g/mol. The van der Waals surface area contributed by atoms with Gasteiger partial charge in [0.15, 0.2) is 0 Å². The molecule has 1 aromatic heterocycles. The topological polar surface area (TPSA) is 28.5 Å². The Morgan fingerprint density at radius 2 is 1.70 bits per heavy atom. The van der Waals surface area contributed by atoms with Crippen LogP contribution in [0.15, 0.2) is 59.7 Å². The second-order valence-corrected chi connectivity index (χ2v) is 5.04. The molecular formula is C17H19N3. The first-order chi connectivity index (χ1) is 9.92. The van der Waals surface area contributed by atoms with Crippen molar-refractivity contribution in [2.75, 3.05) is 18.0 Å². The van der Waals surface area contributed by atoms with Gasteiger partial charge >= 0.3 is 0 Å². The summed E-state index contributed by atoms with van der Waals surface area (Å²) in [4.78, 5) is 11.5. The number of aromatic nitrogens is 1. The minimum absolute atomic E-state index is 0.805. The van der Waals surface area contributed by atoms with Crippen LogP contribution >= 0.6 is 0 Å². The maximum Gasteiger partial charge on any atom is 0.128 e. The van der Waals surface area contributed by atoms with Crippen LogP contribution in [0, 0.1) is 0 Å². The highest BCUT2D eigenvalue weighted by atomic mass is 15.2. The molecule has 3 nitrogen and oxygen atoms in total. The minimum Gasteiger partial charge on any atom is -0.356 e. The zero-order valence-electron chi connectivity index (χ0n) is 11.6. The van der Waals surface area contributed by atoms with Crippen molar-refractivity contribution in [2.24, 2.45) is 4.99 Å². The Hall–Kier alpha value is -2.16. The van der Waals surface area contributed by atoms with Crippen molar-refractivity contribution in [3.63, 3.8) is 0 Å². The molecule has 1 saturated heterocycles. The van der Waals surface area contributed by atoms with Crippen LogP contribution in [0.25, 0.3) is 0 Å². The highest BCUT2D eigenvalue weighted by Crippen LogP contribution is 2.16. The summed E-state index contributed by atoms with van der Waals surface area (Å²) < 4.78 is 0. The molecule has 2 aromatic rings. The zero-order valence-corrected chi connectivity index (χ0v) is 11.6. The maximum atomic E-state index is 4.75. The van der Waals surface area contributed by atoms with E-state index in [0.29, 0.717) is 0 Å². The average Bonchev–Trinajstić information content (AvgIpc) is 2.55. The number of benzene rings is 1. The summed E-state index contributed by atoms with van der Waals surface area (Å²) in [5.41, 5.74) is 2.62. The molecule has 0 spiro atoms. The van der Waals surface area contributed by atoms with E-state index >= 15 is 0 Å². The lowest BCUT2D eigenvalue weighted by atomic mass is 10.1. The lowest BCUT2D eigenvalue weighted by Crippen LogP contribution is -2.34. The van der Waals surface area contributed by atoms with Crippen LogP contribution < -0.4 is 4.90 Å². The molecule has 0 amide bonds. The number of rotatable bonds is 3. The molecule has 0 atom stereocenters. The molecule has 0 aliphatic carbocycles. The van der Waals surface area contributed by atoms with Gasteiger partial charge in [-0.3, -0.25) is 4.99 Å². The molecule has 1 aliphatic rings. The lowest BCUT2D eigenvalue weighted by molar-refractivity contribution is 0.741. The number of piperidine rings is 1. The van der Waals surface area contributed by atoms with E-state index < -0.39 is 0 Å². The van der Waals surface area contributed by atoms with E-state index in [-0.39, 0.29) is 0 Å². The monoisotopic (exact) mass is 265 g/mol. The third-order valence-electron chi connectivity index (χ3n) is 3.64. The van der Waals surface area contributed by atoms with Crippen LogP contribution in [0.3, 0.4) is 0 Å². The maximum absolute atomic E-state index is 4.75. The Morgan fingerprint density at radius 1 is 0.950 bits per heavy atom. The predicted molar refractivity (Wildman–Crippen MR) is 83.3 cm³/mol. The number of nitrogens with zero attached hydrogens (tertiary/aromatic N) is 3. The SMILES string of the molecule is c1ccc(CN=C2CCN(c3ccccn3)CC2)cc1. The summed E-state index contributed by atoms with van der Waals surface area (Å²) in [6.45, 7) is 2.84. The molecule has 1 aliphatic heterocycles. The van der Waals surface area contributed by atoms with E-state index in [9.17, 15) is 0 Å². The Morgan fingerprint density at radius 3 is 2.40 bits per heavy atom. The van der Waals surface area contributed by atoms with Gasteiger partial charge in [0.25, 0.3) is 0 Å². The van der Waals surface area contributed by atoms with E-state index in [2.05, 4.69) is 40.2 Å². The number of hydrogen-bond acceptors (Lipinski definition) is 3. The lowest BCUT2D eigenvalue weighted by Gasteiger charge is -2.28. The van der Waals surface area contributed by atoms with E-state index in [4.69, 9.17) is 4.99 Å². The summed E-state index contributed by atoms with van der Waals surface area (Å²) in [5.74, 6) is 1.08. The molecule has 3 rings (SSSR count). The molecule has 102 valence electrons. The van der Waals surface area contributed by atoms with Crippen LogP contribution in [0.2, 0.25) is 0 Å². The Balaban J connectivity index is 1.56. The first-order valence-electron chi connectivity index (χ1n) is 7.14.